The minimum absolute atomic E-state index is 0.129. The number of aliphatic hydroxyl groups is 1. The minimum atomic E-state index is -1.05. The maximum atomic E-state index is 11.1. The molecule has 0 aliphatic rings. The summed E-state index contributed by atoms with van der Waals surface area (Å²) in [4.78, 5) is 22.2. The number of carbonyl (C=O) groups is 2. The van der Waals surface area contributed by atoms with E-state index in [-0.39, 0.29) is 19.8 Å². The third-order valence-corrected chi connectivity index (χ3v) is 1.98. The van der Waals surface area contributed by atoms with Crippen LogP contribution in [-0.4, -0.2) is 36.9 Å². The smallest absolute Gasteiger partial charge is 0.330 e. The quantitative estimate of drug-likeness (QED) is 0.543. The van der Waals surface area contributed by atoms with Crippen molar-refractivity contribution in [1.82, 2.24) is 0 Å². The van der Waals surface area contributed by atoms with Gasteiger partial charge >= 0.3 is 11.9 Å². The molecule has 0 saturated carbocycles. The third kappa shape index (κ3) is 6.85. The molecule has 101 valence electrons. The molecule has 0 aliphatic heterocycles. The highest BCUT2D eigenvalue weighted by Gasteiger charge is 2.27. The van der Waals surface area contributed by atoms with E-state index < -0.39 is 17.4 Å². The molecule has 0 bridgehead atoms. The van der Waals surface area contributed by atoms with E-state index in [1.807, 2.05) is 0 Å². The Balaban J connectivity index is 4.25. The lowest BCUT2D eigenvalue weighted by atomic mass is 9.94. The van der Waals surface area contributed by atoms with E-state index >= 15 is 0 Å². The summed E-state index contributed by atoms with van der Waals surface area (Å²) in [5, 5.41) is 9.19. The minimum Gasteiger partial charge on any atom is -0.462 e. The predicted molar refractivity (Wildman–Crippen MR) is 66.4 cm³/mol. The van der Waals surface area contributed by atoms with Crippen LogP contribution < -0.4 is 0 Å². The van der Waals surface area contributed by atoms with E-state index in [1.165, 1.54) is 24.3 Å². The Kier molecular flexibility index (Phi) is 7.71. The van der Waals surface area contributed by atoms with Crippen molar-refractivity contribution in [2.24, 2.45) is 5.41 Å². The van der Waals surface area contributed by atoms with Crippen LogP contribution in [0.15, 0.2) is 24.3 Å². The van der Waals surface area contributed by atoms with Crippen molar-refractivity contribution in [1.29, 1.82) is 0 Å². The summed E-state index contributed by atoms with van der Waals surface area (Å²) in [5.74, 6) is -1.06. The molecule has 5 heteroatoms. The van der Waals surface area contributed by atoms with Gasteiger partial charge < -0.3 is 14.6 Å². The summed E-state index contributed by atoms with van der Waals surface area (Å²) in [7, 11) is 0. The Morgan fingerprint density at radius 1 is 1.11 bits per heavy atom. The van der Waals surface area contributed by atoms with Crippen LogP contribution in [0.2, 0.25) is 0 Å². The zero-order chi connectivity index (χ0) is 14.0. The SMILES string of the molecule is [CH2]C(CO)(COC(=O)C=CC)COC(=O)C=CC. The molecule has 0 heterocycles. The molecule has 0 aromatic heterocycles. The van der Waals surface area contributed by atoms with Gasteiger partial charge in [-0.2, -0.15) is 0 Å². The molecule has 0 rings (SSSR count). The molecule has 1 radical (unpaired) electrons. The van der Waals surface area contributed by atoms with Crippen LogP contribution in [-0.2, 0) is 19.1 Å². The van der Waals surface area contributed by atoms with Gasteiger partial charge in [-0.3, -0.25) is 0 Å². The molecule has 0 aliphatic carbocycles. The maximum Gasteiger partial charge on any atom is 0.330 e. The fourth-order valence-corrected chi connectivity index (χ4v) is 0.950. The molecule has 0 fully saturated rings. The number of ether oxygens (including phenoxy) is 2. The zero-order valence-corrected chi connectivity index (χ0v) is 10.7. The van der Waals surface area contributed by atoms with Crippen LogP contribution in [0, 0.1) is 12.3 Å². The van der Waals surface area contributed by atoms with Gasteiger partial charge in [0.2, 0.25) is 0 Å². The standard InChI is InChI=1S/C13H19O5/c1-4-6-11(15)17-9-13(3,8-14)10-18-12(16)7-5-2/h4-7,14H,3,8-10H2,1-2H3. The number of allylic oxidation sites excluding steroid dienone is 2. The van der Waals surface area contributed by atoms with E-state index in [9.17, 15) is 14.7 Å². The van der Waals surface area contributed by atoms with E-state index in [4.69, 9.17) is 9.47 Å². The fourth-order valence-electron chi connectivity index (χ4n) is 0.950. The van der Waals surface area contributed by atoms with Crippen molar-refractivity contribution in [3.8, 4) is 0 Å². The van der Waals surface area contributed by atoms with Crippen LogP contribution in [0.25, 0.3) is 0 Å². The Hall–Kier alpha value is -1.62. The van der Waals surface area contributed by atoms with Crippen LogP contribution in [0.4, 0.5) is 0 Å². The van der Waals surface area contributed by atoms with Gasteiger partial charge in [0.15, 0.2) is 0 Å². The van der Waals surface area contributed by atoms with Gasteiger partial charge in [0.1, 0.15) is 13.2 Å². The highest BCUT2D eigenvalue weighted by Crippen LogP contribution is 2.16. The first kappa shape index (κ1) is 16.4. The largest absolute Gasteiger partial charge is 0.462 e. The molecule has 18 heavy (non-hydrogen) atoms. The normalized spacial score (nSPS) is 14.7. The molecular formula is C13H19O5. The summed E-state index contributed by atoms with van der Waals surface area (Å²) < 4.78 is 9.75. The van der Waals surface area contributed by atoms with Crippen LogP contribution in [0.3, 0.4) is 0 Å². The van der Waals surface area contributed by atoms with Gasteiger partial charge in [0.05, 0.1) is 12.0 Å². The molecule has 0 amide bonds. The molecule has 0 aromatic rings. The number of hydrogen-bond donors (Lipinski definition) is 1. The zero-order valence-electron chi connectivity index (χ0n) is 10.7. The summed E-state index contributed by atoms with van der Waals surface area (Å²) in [6.45, 7) is 6.45. The summed E-state index contributed by atoms with van der Waals surface area (Å²) >= 11 is 0. The Morgan fingerprint density at radius 2 is 1.50 bits per heavy atom. The van der Waals surface area contributed by atoms with Gasteiger partial charge in [-0.15, -0.1) is 0 Å². The van der Waals surface area contributed by atoms with E-state index in [0.29, 0.717) is 0 Å². The third-order valence-electron chi connectivity index (χ3n) is 1.98. The molecule has 0 spiro atoms. The number of hydrogen-bond acceptors (Lipinski definition) is 5. The van der Waals surface area contributed by atoms with Gasteiger partial charge in [0.25, 0.3) is 0 Å². The average Bonchev–Trinajstić information content (AvgIpc) is 2.35. The van der Waals surface area contributed by atoms with E-state index in [0.717, 1.165) is 0 Å². The van der Waals surface area contributed by atoms with E-state index in [1.54, 1.807) is 13.8 Å². The lowest BCUT2D eigenvalue weighted by Gasteiger charge is -2.25. The van der Waals surface area contributed by atoms with E-state index in [2.05, 4.69) is 6.92 Å². The number of aliphatic hydroxyl groups excluding tert-OH is 1. The first-order chi connectivity index (χ1) is 8.47. The van der Waals surface area contributed by atoms with Crippen LogP contribution in [0.5, 0.6) is 0 Å². The Bertz CT molecular complexity index is 302. The second-order valence-corrected chi connectivity index (χ2v) is 3.87. The molecule has 1 N–H and O–H groups in total. The second-order valence-electron chi connectivity index (χ2n) is 3.87. The van der Waals surface area contributed by atoms with Crippen molar-refractivity contribution in [3.63, 3.8) is 0 Å². The monoisotopic (exact) mass is 255 g/mol. The van der Waals surface area contributed by atoms with Crippen LogP contribution >= 0.6 is 0 Å². The first-order valence-corrected chi connectivity index (χ1v) is 5.52. The highest BCUT2D eigenvalue weighted by atomic mass is 16.5. The summed E-state index contributed by atoms with van der Waals surface area (Å²) in [6, 6.07) is 0. The number of rotatable bonds is 7. The summed E-state index contributed by atoms with van der Waals surface area (Å²) in [5.41, 5.74) is -1.05. The molecule has 0 unspecified atom stereocenters. The first-order valence-electron chi connectivity index (χ1n) is 5.52. The predicted octanol–water partition coefficient (Wildman–Crippen LogP) is 1.04. The average molecular weight is 255 g/mol. The van der Waals surface area contributed by atoms with Gasteiger partial charge in [-0.05, 0) is 20.8 Å². The number of carbonyl (C=O) groups excluding carboxylic acids is 2. The lowest BCUT2D eigenvalue weighted by molar-refractivity contribution is -0.147. The lowest BCUT2D eigenvalue weighted by Crippen LogP contribution is -2.35. The van der Waals surface area contributed by atoms with Crippen molar-refractivity contribution < 1.29 is 24.2 Å². The van der Waals surface area contributed by atoms with Crippen molar-refractivity contribution in [2.45, 2.75) is 13.8 Å². The molecular weight excluding hydrogens is 236 g/mol. The Labute approximate surface area is 107 Å². The van der Waals surface area contributed by atoms with Crippen molar-refractivity contribution in [3.05, 3.63) is 31.2 Å². The number of esters is 2. The van der Waals surface area contributed by atoms with Crippen molar-refractivity contribution >= 4 is 11.9 Å². The summed E-state index contributed by atoms with van der Waals surface area (Å²) in [6.07, 6.45) is 5.59. The van der Waals surface area contributed by atoms with Crippen LogP contribution in [0.1, 0.15) is 13.8 Å². The molecule has 0 aromatic carbocycles. The topological polar surface area (TPSA) is 72.8 Å². The Morgan fingerprint density at radius 3 is 1.78 bits per heavy atom. The van der Waals surface area contributed by atoms with Gasteiger partial charge in [-0.25, -0.2) is 9.59 Å². The second kappa shape index (κ2) is 8.47. The molecule has 5 nitrogen and oxygen atoms in total. The maximum absolute atomic E-state index is 11.1. The fraction of sp³-hybridized carbons (Fsp3) is 0.462. The highest BCUT2D eigenvalue weighted by molar-refractivity contribution is 5.82. The molecule has 0 atom stereocenters. The van der Waals surface area contributed by atoms with Gasteiger partial charge in [-0.1, -0.05) is 12.2 Å². The van der Waals surface area contributed by atoms with Crippen molar-refractivity contribution in [2.75, 3.05) is 19.8 Å². The molecule has 0 saturated heterocycles. The van der Waals surface area contributed by atoms with Gasteiger partial charge in [0, 0.05) is 12.2 Å².